The van der Waals surface area contributed by atoms with E-state index in [0.717, 1.165) is 38.7 Å². The topological polar surface area (TPSA) is 90.5 Å². The maximum atomic E-state index is 13.0. The van der Waals surface area contributed by atoms with Gasteiger partial charge in [0, 0.05) is 43.6 Å². The molecule has 0 fully saturated rings. The highest BCUT2D eigenvalue weighted by Gasteiger charge is 2.20. The van der Waals surface area contributed by atoms with E-state index in [2.05, 4.69) is 20.4 Å². The van der Waals surface area contributed by atoms with Crippen LogP contribution >= 0.6 is 11.3 Å². The first-order valence-electron chi connectivity index (χ1n) is 9.66. The molecule has 1 amide bonds. The zero-order chi connectivity index (χ0) is 21.5. The summed E-state index contributed by atoms with van der Waals surface area (Å²) in [7, 11) is 3.77. The van der Waals surface area contributed by atoms with Crippen LogP contribution < -0.4 is 5.32 Å². The molecule has 0 unspecified atom stereocenters. The second kappa shape index (κ2) is 7.44. The summed E-state index contributed by atoms with van der Waals surface area (Å²) in [6.07, 6.45) is 5.20. The standard InChI is InChI=1S/C22H19N7OS/c1-13-16-11-15(12-24-19(16)29(3)27-13)21(30)26-22-25-17(14-7-5-4-6-8-14)18(31-22)20-23-9-10-28(20)2/h4-12H,1-3H3,(H,25,26,30). The van der Waals surface area contributed by atoms with Gasteiger partial charge in [0.05, 0.1) is 21.8 Å². The Morgan fingerprint density at radius 1 is 1.13 bits per heavy atom. The number of hydrogen-bond donors (Lipinski definition) is 1. The fraction of sp³-hybridized carbons (Fsp3) is 0.136. The summed E-state index contributed by atoms with van der Waals surface area (Å²) in [5.74, 6) is 0.531. The number of rotatable bonds is 4. The molecular weight excluding hydrogens is 410 g/mol. The van der Waals surface area contributed by atoms with Gasteiger partial charge in [-0.3, -0.25) is 14.8 Å². The number of nitrogens with one attached hydrogen (secondary N) is 1. The van der Waals surface area contributed by atoms with Crippen LogP contribution in [0.4, 0.5) is 5.13 Å². The van der Waals surface area contributed by atoms with Gasteiger partial charge in [-0.25, -0.2) is 15.0 Å². The van der Waals surface area contributed by atoms with Crippen molar-refractivity contribution in [3.63, 3.8) is 0 Å². The number of hydrogen-bond acceptors (Lipinski definition) is 6. The van der Waals surface area contributed by atoms with E-state index in [1.807, 2.05) is 68.2 Å². The molecule has 4 aromatic heterocycles. The van der Waals surface area contributed by atoms with Crippen LogP contribution in [0, 0.1) is 6.92 Å². The minimum absolute atomic E-state index is 0.266. The molecule has 0 saturated heterocycles. The van der Waals surface area contributed by atoms with E-state index in [-0.39, 0.29) is 5.91 Å². The minimum atomic E-state index is -0.266. The van der Waals surface area contributed by atoms with Gasteiger partial charge in [-0.05, 0) is 13.0 Å². The fourth-order valence-electron chi connectivity index (χ4n) is 3.50. The monoisotopic (exact) mass is 429 g/mol. The third-order valence-electron chi connectivity index (χ3n) is 5.04. The van der Waals surface area contributed by atoms with Gasteiger partial charge in [0.1, 0.15) is 0 Å². The van der Waals surface area contributed by atoms with Crippen molar-refractivity contribution < 1.29 is 4.79 Å². The van der Waals surface area contributed by atoms with Crippen LogP contribution in [0.1, 0.15) is 16.1 Å². The first kappa shape index (κ1) is 19.1. The van der Waals surface area contributed by atoms with Gasteiger partial charge < -0.3 is 4.57 Å². The molecule has 0 radical (unpaired) electrons. The van der Waals surface area contributed by atoms with E-state index in [1.54, 1.807) is 17.1 Å². The lowest BCUT2D eigenvalue weighted by atomic mass is 10.1. The summed E-state index contributed by atoms with van der Waals surface area (Å²) in [4.78, 5) is 27.4. The van der Waals surface area contributed by atoms with Gasteiger partial charge in [0.15, 0.2) is 16.6 Å². The summed E-state index contributed by atoms with van der Waals surface area (Å²) < 4.78 is 3.65. The minimum Gasteiger partial charge on any atom is -0.333 e. The Labute approximate surface area is 182 Å². The van der Waals surface area contributed by atoms with E-state index in [0.29, 0.717) is 10.7 Å². The van der Waals surface area contributed by atoms with Crippen LogP contribution in [-0.4, -0.2) is 35.2 Å². The van der Waals surface area contributed by atoms with Crippen LogP contribution in [0.2, 0.25) is 0 Å². The van der Waals surface area contributed by atoms with Crippen LogP contribution in [0.15, 0.2) is 55.0 Å². The lowest BCUT2D eigenvalue weighted by Gasteiger charge is -2.02. The molecular formula is C22H19N7OS. The van der Waals surface area contributed by atoms with Crippen LogP contribution in [0.3, 0.4) is 0 Å². The predicted molar refractivity (Wildman–Crippen MR) is 121 cm³/mol. The second-order valence-corrected chi connectivity index (χ2v) is 8.18. The Morgan fingerprint density at radius 3 is 2.68 bits per heavy atom. The molecule has 4 heterocycles. The summed E-state index contributed by atoms with van der Waals surface area (Å²) in [5.41, 5.74) is 3.78. The van der Waals surface area contributed by atoms with Crippen LogP contribution in [0.25, 0.3) is 33.0 Å². The number of anilines is 1. The van der Waals surface area contributed by atoms with Crippen molar-refractivity contribution in [1.82, 2.24) is 29.3 Å². The molecule has 31 heavy (non-hydrogen) atoms. The molecule has 1 N–H and O–H groups in total. The normalized spacial score (nSPS) is 11.2. The molecule has 0 spiro atoms. The molecule has 0 aliphatic heterocycles. The summed E-state index contributed by atoms with van der Waals surface area (Å²) in [6.45, 7) is 1.90. The molecule has 8 nitrogen and oxygen atoms in total. The highest BCUT2D eigenvalue weighted by atomic mass is 32.1. The quantitative estimate of drug-likeness (QED) is 0.465. The number of fused-ring (bicyclic) bond motifs is 1. The first-order valence-corrected chi connectivity index (χ1v) is 10.5. The smallest absolute Gasteiger partial charge is 0.259 e. The molecule has 0 bridgehead atoms. The molecule has 9 heteroatoms. The number of thiazole rings is 1. The highest BCUT2D eigenvalue weighted by Crippen LogP contribution is 2.38. The zero-order valence-corrected chi connectivity index (χ0v) is 18.0. The van der Waals surface area contributed by atoms with Gasteiger partial charge in [0.25, 0.3) is 5.91 Å². The molecule has 0 aliphatic rings. The number of imidazole rings is 1. The zero-order valence-electron chi connectivity index (χ0n) is 17.2. The largest absolute Gasteiger partial charge is 0.333 e. The Bertz CT molecular complexity index is 1410. The Balaban J connectivity index is 1.52. The van der Waals surface area contributed by atoms with Crippen molar-refractivity contribution in [3.8, 4) is 22.0 Å². The van der Waals surface area contributed by atoms with Gasteiger partial charge in [0.2, 0.25) is 0 Å². The van der Waals surface area contributed by atoms with Crippen molar-refractivity contribution in [3.05, 3.63) is 66.2 Å². The van der Waals surface area contributed by atoms with Crippen molar-refractivity contribution in [2.75, 3.05) is 5.32 Å². The number of carbonyl (C=O) groups is 1. The number of amides is 1. The number of aryl methyl sites for hydroxylation is 3. The second-order valence-electron chi connectivity index (χ2n) is 7.18. The SMILES string of the molecule is Cc1nn(C)c2ncc(C(=O)Nc3nc(-c4ccccc4)c(-c4nccn4C)s3)cc12. The molecule has 1 aromatic carbocycles. The third kappa shape index (κ3) is 3.38. The number of benzene rings is 1. The average Bonchev–Trinajstić information content (AvgIpc) is 3.46. The Kier molecular flexibility index (Phi) is 4.59. The first-order chi connectivity index (χ1) is 15.0. The van der Waals surface area contributed by atoms with E-state index in [9.17, 15) is 4.79 Å². The van der Waals surface area contributed by atoms with Gasteiger partial charge >= 0.3 is 0 Å². The number of aromatic nitrogens is 6. The maximum absolute atomic E-state index is 13.0. The molecule has 0 atom stereocenters. The Morgan fingerprint density at radius 2 is 1.94 bits per heavy atom. The lowest BCUT2D eigenvalue weighted by Crippen LogP contribution is -2.12. The predicted octanol–water partition coefficient (Wildman–Crippen LogP) is 4.05. The summed E-state index contributed by atoms with van der Waals surface area (Å²) in [5, 5.41) is 8.65. The van der Waals surface area contributed by atoms with Crippen LogP contribution in [-0.2, 0) is 14.1 Å². The maximum Gasteiger partial charge on any atom is 0.259 e. The van der Waals surface area contributed by atoms with Crippen molar-refractivity contribution in [2.24, 2.45) is 14.1 Å². The van der Waals surface area contributed by atoms with E-state index < -0.39 is 0 Å². The molecule has 5 rings (SSSR count). The van der Waals surface area contributed by atoms with E-state index in [1.165, 1.54) is 11.3 Å². The number of carbonyl (C=O) groups excluding carboxylic acids is 1. The van der Waals surface area contributed by atoms with E-state index >= 15 is 0 Å². The number of pyridine rings is 1. The van der Waals surface area contributed by atoms with Crippen molar-refractivity contribution in [1.29, 1.82) is 0 Å². The molecule has 0 saturated carbocycles. The highest BCUT2D eigenvalue weighted by molar-refractivity contribution is 7.19. The van der Waals surface area contributed by atoms with Crippen molar-refractivity contribution >= 4 is 33.4 Å². The molecule has 0 aliphatic carbocycles. The molecule has 5 aromatic rings. The Hall–Kier alpha value is -3.85. The van der Waals surface area contributed by atoms with Crippen LogP contribution in [0.5, 0.6) is 0 Å². The van der Waals surface area contributed by atoms with Gasteiger partial charge in [-0.15, -0.1) is 0 Å². The lowest BCUT2D eigenvalue weighted by molar-refractivity contribution is 0.102. The van der Waals surface area contributed by atoms with Crippen molar-refractivity contribution in [2.45, 2.75) is 6.92 Å². The van der Waals surface area contributed by atoms with E-state index in [4.69, 9.17) is 4.98 Å². The van der Waals surface area contributed by atoms with Gasteiger partial charge in [-0.1, -0.05) is 41.7 Å². The number of nitrogens with zero attached hydrogens (tertiary/aromatic N) is 6. The third-order valence-corrected chi connectivity index (χ3v) is 6.01. The summed E-state index contributed by atoms with van der Waals surface area (Å²) >= 11 is 1.40. The van der Waals surface area contributed by atoms with Gasteiger partial charge in [-0.2, -0.15) is 5.10 Å². The fourth-order valence-corrected chi connectivity index (χ4v) is 4.52. The average molecular weight is 430 g/mol. The molecule has 154 valence electrons. The summed E-state index contributed by atoms with van der Waals surface area (Å²) in [6, 6.07) is 11.7.